The highest BCUT2D eigenvalue weighted by molar-refractivity contribution is 6.20. The van der Waals surface area contributed by atoms with E-state index in [9.17, 15) is 4.79 Å². The molecule has 0 amide bonds. The Balaban J connectivity index is 2.27. The number of pyridine rings is 1. The molecule has 1 heterocycles. The highest BCUT2D eigenvalue weighted by atomic mass is 35.5. The molecular weight excluding hydrogens is 224 g/mol. The van der Waals surface area contributed by atoms with Crippen molar-refractivity contribution in [3.05, 3.63) is 34.7 Å². The van der Waals surface area contributed by atoms with Gasteiger partial charge < -0.3 is 9.88 Å². The van der Waals surface area contributed by atoms with Crippen LogP contribution in [0.4, 0.5) is 0 Å². The molecule has 0 spiro atoms. The van der Waals surface area contributed by atoms with E-state index >= 15 is 0 Å². The number of hydrogen-bond donors (Lipinski definition) is 1. The van der Waals surface area contributed by atoms with Gasteiger partial charge in [-0.3, -0.25) is 4.79 Å². The summed E-state index contributed by atoms with van der Waals surface area (Å²) in [6, 6.07) is 5.18. The van der Waals surface area contributed by atoms with E-state index in [0.29, 0.717) is 12.5 Å². The van der Waals surface area contributed by atoms with Gasteiger partial charge in [0.25, 0.3) is 5.56 Å². The van der Waals surface area contributed by atoms with Crippen LogP contribution in [0.15, 0.2) is 29.2 Å². The first-order chi connectivity index (χ1) is 7.61. The fourth-order valence-electron chi connectivity index (χ4n) is 1.32. The van der Waals surface area contributed by atoms with Crippen molar-refractivity contribution in [1.29, 1.82) is 0 Å². The first-order valence-corrected chi connectivity index (χ1v) is 6.05. The molecule has 0 aromatic carbocycles. The molecule has 0 saturated heterocycles. The molecule has 3 nitrogen and oxygen atoms in total. The molecule has 0 saturated carbocycles. The lowest BCUT2D eigenvalue weighted by molar-refractivity contribution is 0.522. The van der Waals surface area contributed by atoms with E-state index in [1.54, 1.807) is 22.9 Å². The first kappa shape index (κ1) is 13.3. The summed E-state index contributed by atoms with van der Waals surface area (Å²) in [7, 11) is 0. The molecule has 0 aliphatic heterocycles. The van der Waals surface area contributed by atoms with Crippen molar-refractivity contribution in [2.75, 3.05) is 13.1 Å². The Hall–Kier alpha value is -0.800. The first-order valence-electron chi connectivity index (χ1n) is 5.61. The van der Waals surface area contributed by atoms with Gasteiger partial charge in [-0.25, -0.2) is 0 Å². The fourth-order valence-corrected chi connectivity index (χ4v) is 1.43. The number of rotatable bonds is 6. The molecule has 90 valence electrons. The van der Waals surface area contributed by atoms with Crippen molar-refractivity contribution in [3.63, 3.8) is 0 Å². The smallest absolute Gasteiger partial charge is 0.250 e. The molecule has 0 aliphatic rings. The van der Waals surface area contributed by atoms with E-state index in [1.807, 2.05) is 6.07 Å². The van der Waals surface area contributed by atoms with Crippen molar-refractivity contribution >= 4 is 11.6 Å². The van der Waals surface area contributed by atoms with Gasteiger partial charge in [0.2, 0.25) is 0 Å². The number of hydrogen-bond acceptors (Lipinski definition) is 2. The summed E-state index contributed by atoms with van der Waals surface area (Å²) in [4.78, 5) is 11.4. The average molecular weight is 243 g/mol. The number of nitrogens with zero attached hydrogens (tertiary/aromatic N) is 1. The van der Waals surface area contributed by atoms with E-state index < -0.39 is 0 Å². The zero-order valence-electron chi connectivity index (χ0n) is 9.82. The highest BCUT2D eigenvalue weighted by Gasteiger charge is 2.07. The van der Waals surface area contributed by atoms with Crippen LogP contribution < -0.4 is 10.9 Å². The van der Waals surface area contributed by atoms with E-state index in [0.717, 1.165) is 13.1 Å². The third-order valence-corrected chi connectivity index (χ3v) is 3.15. The molecule has 16 heavy (non-hydrogen) atoms. The standard InChI is InChI=1S/C12H19ClN2O/c1-10(2)11(13)9-14-6-8-15-7-4-3-5-12(15)16/h3-5,7,10-11,14H,6,8-9H2,1-2H3. The van der Waals surface area contributed by atoms with Gasteiger partial charge in [-0.15, -0.1) is 11.6 Å². The number of nitrogens with one attached hydrogen (secondary N) is 1. The molecule has 4 heteroatoms. The second-order valence-corrected chi connectivity index (χ2v) is 4.76. The predicted molar refractivity (Wildman–Crippen MR) is 68.1 cm³/mol. The van der Waals surface area contributed by atoms with Crippen LogP contribution in [0.2, 0.25) is 0 Å². The minimum Gasteiger partial charge on any atom is -0.314 e. The molecule has 1 atom stereocenters. The minimum atomic E-state index is 0.0376. The van der Waals surface area contributed by atoms with Crippen LogP contribution in [0, 0.1) is 5.92 Å². The van der Waals surface area contributed by atoms with Crippen LogP contribution in [0.3, 0.4) is 0 Å². The molecule has 0 fully saturated rings. The zero-order chi connectivity index (χ0) is 12.0. The molecule has 1 N–H and O–H groups in total. The monoisotopic (exact) mass is 242 g/mol. The Morgan fingerprint density at radius 3 is 2.81 bits per heavy atom. The van der Waals surface area contributed by atoms with E-state index in [2.05, 4.69) is 19.2 Å². The maximum absolute atomic E-state index is 11.4. The Morgan fingerprint density at radius 1 is 1.44 bits per heavy atom. The van der Waals surface area contributed by atoms with Crippen molar-refractivity contribution < 1.29 is 0 Å². The van der Waals surface area contributed by atoms with Crippen LogP contribution in [-0.4, -0.2) is 23.0 Å². The summed E-state index contributed by atoms with van der Waals surface area (Å²) in [6.07, 6.45) is 1.80. The van der Waals surface area contributed by atoms with Crippen molar-refractivity contribution in [2.45, 2.75) is 25.8 Å². The van der Waals surface area contributed by atoms with Crippen LogP contribution >= 0.6 is 11.6 Å². The van der Waals surface area contributed by atoms with Gasteiger partial charge >= 0.3 is 0 Å². The Bertz CT molecular complexity index is 362. The summed E-state index contributed by atoms with van der Waals surface area (Å²) >= 11 is 6.10. The number of alkyl halides is 1. The average Bonchev–Trinajstić information content (AvgIpc) is 2.26. The summed E-state index contributed by atoms with van der Waals surface area (Å²) in [5.74, 6) is 0.466. The number of aromatic nitrogens is 1. The molecule has 1 aromatic heterocycles. The molecule has 1 aromatic rings. The van der Waals surface area contributed by atoms with Gasteiger partial charge in [0.1, 0.15) is 0 Å². The molecule has 0 bridgehead atoms. The second-order valence-electron chi connectivity index (χ2n) is 4.20. The lowest BCUT2D eigenvalue weighted by atomic mass is 10.1. The van der Waals surface area contributed by atoms with Gasteiger partial charge in [-0.05, 0) is 12.0 Å². The summed E-state index contributed by atoms with van der Waals surface area (Å²) in [5, 5.41) is 3.40. The SMILES string of the molecule is CC(C)C(Cl)CNCCn1ccccc1=O. The van der Waals surface area contributed by atoms with Gasteiger partial charge in [-0.1, -0.05) is 19.9 Å². The fraction of sp³-hybridized carbons (Fsp3) is 0.583. The number of halogens is 1. The Labute approximate surface area is 101 Å². The Morgan fingerprint density at radius 2 is 2.19 bits per heavy atom. The normalized spacial score (nSPS) is 13.0. The second kappa shape index (κ2) is 6.71. The van der Waals surface area contributed by atoms with Gasteiger partial charge in [0.15, 0.2) is 0 Å². The largest absolute Gasteiger partial charge is 0.314 e. The third-order valence-electron chi connectivity index (χ3n) is 2.49. The molecule has 1 rings (SSSR count). The van der Waals surface area contributed by atoms with Gasteiger partial charge in [-0.2, -0.15) is 0 Å². The highest BCUT2D eigenvalue weighted by Crippen LogP contribution is 2.07. The van der Waals surface area contributed by atoms with E-state index in [4.69, 9.17) is 11.6 Å². The van der Waals surface area contributed by atoms with Crippen LogP contribution in [0.25, 0.3) is 0 Å². The summed E-state index contributed by atoms with van der Waals surface area (Å²) in [6.45, 7) is 6.42. The molecule has 1 unspecified atom stereocenters. The van der Waals surface area contributed by atoms with Crippen LogP contribution in [0.5, 0.6) is 0 Å². The molecule has 0 radical (unpaired) electrons. The maximum atomic E-state index is 11.4. The van der Waals surface area contributed by atoms with Gasteiger partial charge in [0, 0.05) is 37.3 Å². The van der Waals surface area contributed by atoms with E-state index in [1.165, 1.54) is 0 Å². The van der Waals surface area contributed by atoms with Crippen molar-refractivity contribution in [2.24, 2.45) is 5.92 Å². The van der Waals surface area contributed by atoms with Crippen molar-refractivity contribution in [1.82, 2.24) is 9.88 Å². The van der Waals surface area contributed by atoms with Crippen molar-refractivity contribution in [3.8, 4) is 0 Å². The van der Waals surface area contributed by atoms with Gasteiger partial charge in [0.05, 0.1) is 0 Å². The lowest BCUT2D eigenvalue weighted by Gasteiger charge is -2.14. The lowest BCUT2D eigenvalue weighted by Crippen LogP contribution is -2.31. The molecular formula is C12H19ClN2O. The topological polar surface area (TPSA) is 34.0 Å². The minimum absolute atomic E-state index is 0.0376. The van der Waals surface area contributed by atoms with Crippen LogP contribution in [0.1, 0.15) is 13.8 Å². The Kier molecular flexibility index (Phi) is 5.56. The zero-order valence-corrected chi connectivity index (χ0v) is 10.6. The third kappa shape index (κ3) is 4.37. The van der Waals surface area contributed by atoms with Crippen LogP contribution in [-0.2, 0) is 6.54 Å². The van der Waals surface area contributed by atoms with E-state index in [-0.39, 0.29) is 10.9 Å². The quantitative estimate of drug-likeness (QED) is 0.609. The molecule has 0 aliphatic carbocycles. The summed E-state index contributed by atoms with van der Waals surface area (Å²) in [5.41, 5.74) is 0.0376. The predicted octanol–water partition coefficient (Wildman–Crippen LogP) is 1.70. The maximum Gasteiger partial charge on any atom is 0.250 e. The summed E-state index contributed by atoms with van der Waals surface area (Å²) < 4.78 is 1.69.